The van der Waals surface area contributed by atoms with E-state index in [1.165, 1.54) is 30.6 Å². The van der Waals surface area contributed by atoms with Crippen molar-refractivity contribution >= 4 is 39.0 Å². The molecule has 0 aliphatic rings. The van der Waals surface area contributed by atoms with E-state index in [1.807, 2.05) is 6.92 Å². The van der Waals surface area contributed by atoms with Gasteiger partial charge in [0.05, 0.1) is 17.6 Å². The second kappa shape index (κ2) is 6.41. The number of fused-ring (bicyclic) bond motifs is 1. The zero-order chi connectivity index (χ0) is 17.3. The molecule has 1 amide bonds. The number of benzene rings is 2. The second-order valence-electron chi connectivity index (χ2n) is 5.24. The smallest absolute Gasteiger partial charge is 0.337 e. The predicted molar refractivity (Wildman–Crippen MR) is 92.3 cm³/mol. The average molecular weight is 343 g/mol. The first-order valence-corrected chi connectivity index (χ1v) is 7.99. The van der Waals surface area contributed by atoms with Crippen LogP contribution in [0.1, 0.15) is 25.6 Å². The molecule has 3 rings (SSSR count). The van der Waals surface area contributed by atoms with Gasteiger partial charge in [-0.1, -0.05) is 12.1 Å². The van der Waals surface area contributed by atoms with E-state index in [0.29, 0.717) is 26.2 Å². The highest BCUT2D eigenvalue weighted by Gasteiger charge is 2.15. The van der Waals surface area contributed by atoms with Crippen LogP contribution in [-0.4, -0.2) is 19.0 Å². The van der Waals surface area contributed by atoms with Gasteiger partial charge >= 0.3 is 5.97 Å². The Morgan fingerprint density at radius 2 is 1.96 bits per heavy atom. The van der Waals surface area contributed by atoms with E-state index in [1.54, 1.807) is 30.3 Å². The molecule has 0 unspecified atom stereocenters. The number of nitrogens with one attached hydrogen (secondary N) is 1. The fourth-order valence-corrected chi connectivity index (χ4v) is 3.29. The SMILES string of the molecule is COC(=O)c1ccc(C)c(NC(=O)c2cc3c(F)cccc3s2)c1. The van der Waals surface area contributed by atoms with Crippen LogP contribution in [0.4, 0.5) is 10.1 Å². The lowest BCUT2D eigenvalue weighted by Gasteiger charge is -2.09. The lowest BCUT2D eigenvalue weighted by atomic mass is 10.1. The third kappa shape index (κ3) is 3.00. The van der Waals surface area contributed by atoms with Crippen molar-refractivity contribution in [2.75, 3.05) is 12.4 Å². The highest BCUT2D eigenvalue weighted by molar-refractivity contribution is 7.20. The molecule has 4 nitrogen and oxygen atoms in total. The Morgan fingerprint density at radius 1 is 1.17 bits per heavy atom. The molecule has 0 aliphatic heterocycles. The third-order valence-corrected chi connectivity index (χ3v) is 4.74. The fourth-order valence-electron chi connectivity index (χ4n) is 2.32. The largest absolute Gasteiger partial charge is 0.465 e. The summed E-state index contributed by atoms with van der Waals surface area (Å²) in [4.78, 5) is 24.5. The maximum atomic E-state index is 13.8. The van der Waals surface area contributed by atoms with Gasteiger partial charge in [0, 0.05) is 15.8 Å². The zero-order valence-corrected chi connectivity index (χ0v) is 13.9. The Hall–Kier alpha value is -2.73. The number of esters is 1. The molecule has 1 heterocycles. The number of anilines is 1. The zero-order valence-electron chi connectivity index (χ0n) is 13.1. The first-order valence-electron chi connectivity index (χ1n) is 7.18. The molecule has 0 spiro atoms. The van der Waals surface area contributed by atoms with Crippen molar-refractivity contribution in [2.24, 2.45) is 0 Å². The van der Waals surface area contributed by atoms with E-state index >= 15 is 0 Å². The molecule has 0 saturated heterocycles. The molecular formula is C18H14FNO3S. The van der Waals surface area contributed by atoms with Crippen molar-refractivity contribution in [2.45, 2.75) is 6.92 Å². The second-order valence-corrected chi connectivity index (χ2v) is 6.32. The highest BCUT2D eigenvalue weighted by atomic mass is 32.1. The van der Waals surface area contributed by atoms with E-state index in [4.69, 9.17) is 0 Å². The van der Waals surface area contributed by atoms with E-state index in [9.17, 15) is 14.0 Å². The predicted octanol–water partition coefficient (Wildman–Crippen LogP) is 4.39. The molecule has 3 aromatic rings. The van der Waals surface area contributed by atoms with Gasteiger partial charge in [-0.3, -0.25) is 4.79 Å². The topological polar surface area (TPSA) is 55.4 Å². The molecule has 0 fully saturated rings. The van der Waals surface area contributed by atoms with Crippen LogP contribution in [0.3, 0.4) is 0 Å². The van der Waals surface area contributed by atoms with Gasteiger partial charge in [-0.25, -0.2) is 9.18 Å². The van der Waals surface area contributed by atoms with E-state index < -0.39 is 5.97 Å². The average Bonchev–Trinajstić information content (AvgIpc) is 3.02. The number of carbonyl (C=O) groups is 2. The first kappa shape index (κ1) is 16.1. The number of amides is 1. The van der Waals surface area contributed by atoms with E-state index in [0.717, 1.165) is 5.56 Å². The summed E-state index contributed by atoms with van der Waals surface area (Å²) in [7, 11) is 1.30. The molecule has 0 saturated carbocycles. The van der Waals surface area contributed by atoms with Crippen LogP contribution in [0.15, 0.2) is 42.5 Å². The van der Waals surface area contributed by atoms with Gasteiger partial charge in [0.2, 0.25) is 0 Å². The number of thiophene rings is 1. The first-order chi connectivity index (χ1) is 11.5. The summed E-state index contributed by atoms with van der Waals surface area (Å²) in [5.41, 5.74) is 1.67. The maximum Gasteiger partial charge on any atom is 0.337 e. The number of methoxy groups -OCH3 is 1. The van der Waals surface area contributed by atoms with Gasteiger partial charge in [-0.05, 0) is 42.8 Å². The van der Waals surface area contributed by atoms with Crippen LogP contribution in [0.5, 0.6) is 0 Å². The normalized spacial score (nSPS) is 10.6. The number of rotatable bonds is 3. The molecule has 0 radical (unpaired) electrons. The molecule has 0 bridgehead atoms. The molecule has 1 N–H and O–H groups in total. The van der Waals surface area contributed by atoms with Gasteiger partial charge in [0.15, 0.2) is 0 Å². The van der Waals surface area contributed by atoms with E-state index in [2.05, 4.69) is 10.1 Å². The van der Waals surface area contributed by atoms with Gasteiger partial charge in [-0.2, -0.15) is 0 Å². The molecule has 6 heteroatoms. The summed E-state index contributed by atoms with van der Waals surface area (Å²) in [6.07, 6.45) is 0. The van der Waals surface area contributed by atoms with Gasteiger partial charge in [-0.15, -0.1) is 11.3 Å². The molecule has 2 aromatic carbocycles. The molecule has 0 atom stereocenters. The van der Waals surface area contributed by atoms with E-state index in [-0.39, 0.29) is 11.7 Å². The molecule has 122 valence electrons. The monoisotopic (exact) mass is 343 g/mol. The van der Waals surface area contributed by atoms with Crippen molar-refractivity contribution in [1.29, 1.82) is 0 Å². The lowest BCUT2D eigenvalue weighted by Crippen LogP contribution is -2.12. The summed E-state index contributed by atoms with van der Waals surface area (Å²) >= 11 is 1.22. The summed E-state index contributed by atoms with van der Waals surface area (Å²) in [6.45, 7) is 1.82. The standard InChI is InChI=1S/C18H14FNO3S/c1-10-6-7-11(18(22)23-2)8-14(10)20-17(21)16-9-12-13(19)4-3-5-15(12)24-16/h3-9H,1-2H3,(H,20,21). The minimum Gasteiger partial charge on any atom is -0.465 e. The van der Waals surface area contributed by atoms with Gasteiger partial charge < -0.3 is 10.1 Å². The summed E-state index contributed by atoms with van der Waals surface area (Å²) < 4.78 is 19.1. The van der Waals surface area contributed by atoms with Crippen molar-refractivity contribution in [3.8, 4) is 0 Å². The minimum atomic E-state index is -0.477. The Morgan fingerprint density at radius 3 is 2.67 bits per heavy atom. The number of carbonyl (C=O) groups excluding carboxylic acids is 2. The fraction of sp³-hybridized carbons (Fsp3) is 0.111. The highest BCUT2D eigenvalue weighted by Crippen LogP contribution is 2.28. The Balaban J connectivity index is 1.91. The summed E-state index contributed by atoms with van der Waals surface area (Å²) in [5, 5.41) is 3.19. The lowest BCUT2D eigenvalue weighted by molar-refractivity contribution is 0.0600. The quantitative estimate of drug-likeness (QED) is 0.718. The minimum absolute atomic E-state index is 0.347. The van der Waals surface area contributed by atoms with Crippen LogP contribution in [-0.2, 0) is 4.74 Å². The van der Waals surface area contributed by atoms with Crippen LogP contribution in [0, 0.1) is 12.7 Å². The molecule has 1 aromatic heterocycles. The third-order valence-electron chi connectivity index (χ3n) is 3.64. The van der Waals surface area contributed by atoms with Gasteiger partial charge in [0.25, 0.3) is 5.91 Å². The van der Waals surface area contributed by atoms with Crippen molar-refractivity contribution in [3.63, 3.8) is 0 Å². The number of halogens is 1. The number of aryl methyl sites for hydroxylation is 1. The number of hydrogen-bond donors (Lipinski definition) is 1. The molecule has 0 aliphatic carbocycles. The van der Waals surface area contributed by atoms with Crippen molar-refractivity contribution < 1.29 is 18.7 Å². The number of ether oxygens (including phenoxy) is 1. The van der Waals surface area contributed by atoms with Crippen LogP contribution < -0.4 is 5.32 Å². The van der Waals surface area contributed by atoms with Crippen LogP contribution in [0.25, 0.3) is 10.1 Å². The maximum absolute atomic E-state index is 13.8. The summed E-state index contributed by atoms with van der Waals surface area (Å²) in [5.74, 6) is -1.18. The number of hydrogen-bond acceptors (Lipinski definition) is 4. The Kier molecular flexibility index (Phi) is 4.31. The van der Waals surface area contributed by atoms with Crippen molar-refractivity contribution in [1.82, 2.24) is 0 Å². The van der Waals surface area contributed by atoms with Crippen LogP contribution >= 0.6 is 11.3 Å². The Bertz CT molecular complexity index is 949. The summed E-state index contributed by atoms with van der Waals surface area (Å²) in [6, 6.07) is 11.2. The molecular weight excluding hydrogens is 329 g/mol. The van der Waals surface area contributed by atoms with Crippen molar-refractivity contribution in [3.05, 3.63) is 64.3 Å². The van der Waals surface area contributed by atoms with Gasteiger partial charge in [0.1, 0.15) is 5.82 Å². The Labute approximate surface area is 141 Å². The van der Waals surface area contributed by atoms with Crippen LogP contribution in [0.2, 0.25) is 0 Å². The molecule has 24 heavy (non-hydrogen) atoms.